The van der Waals surface area contributed by atoms with Crippen LogP contribution in [0.25, 0.3) is 0 Å². The van der Waals surface area contributed by atoms with Crippen molar-refractivity contribution in [2.75, 3.05) is 25.6 Å². The van der Waals surface area contributed by atoms with Crippen molar-refractivity contribution in [2.24, 2.45) is 5.92 Å². The number of nitrogens with one attached hydrogen (secondary N) is 1. The summed E-state index contributed by atoms with van der Waals surface area (Å²) in [6.07, 6.45) is 2.45. The fraction of sp³-hybridized carbons (Fsp3) is 0.381. The van der Waals surface area contributed by atoms with Crippen LogP contribution in [0.1, 0.15) is 35.7 Å². The number of ether oxygens (including phenoxy) is 3. The molecular weight excluding hydrogens is 376 g/mol. The van der Waals surface area contributed by atoms with Crippen molar-refractivity contribution < 1.29 is 23.9 Å². The Bertz CT molecular complexity index is 895. The molecule has 0 unspecified atom stereocenters. The smallest absolute Gasteiger partial charge is 0.286 e. The predicted molar refractivity (Wildman–Crippen MR) is 108 cm³/mol. The molecule has 1 aliphatic carbocycles. The molecule has 2 aromatic carbocycles. The summed E-state index contributed by atoms with van der Waals surface area (Å²) < 4.78 is 16.3. The second-order valence-electron chi connectivity index (χ2n) is 6.82. The van der Waals surface area contributed by atoms with Crippen LogP contribution >= 0.6 is 0 Å². The van der Waals surface area contributed by atoms with Crippen LogP contribution in [-0.4, -0.2) is 31.2 Å². The van der Waals surface area contributed by atoms with Gasteiger partial charge >= 0.3 is 0 Å². The number of nitro benzene ring substituents is 1. The van der Waals surface area contributed by atoms with Gasteiger partial charge in [0.25, 0.3) is 11.6 Å². The SMILES string of the molecule is CCOc1cc(C(=O)Nc2cccc(COCC3CC3)c2)c([N+](=O)[O-])cc1OC. The quantitative estimate of drug-likeness (QED) is 0.474. The molecule has 0 spiro atoms. The molecule has 0 heterocycles. The number of methoxy groups -OCH3 is 1. The minimum atomic E-state index is -0.616. The van der Waals surface area contributed by atoms with Crippen molar-refractivity contribution in [1.82, 2.24) is 0 Å². The van der Waals surface area contributed by atoms with E-state index in [1.165, 1.54) is 32.1 Å². The van der Waals surface area contributed by atoms with Gasteiger partial charge in [-0.25, -0.2) is 0 Å². The van der Waals surface area contributed by atoms with Crippen molar-refractivity contribution in [1.29, 1.82) is 0 Å². The lowest BCUT2D eigenvalue weighted by Crippen LogP contribution is -2.15. The molecule has 2 aromatic rings. The summed E-state index contributed by atoms with van der Waals surface area (Å²) in [7, 11) is 1.39. The van der Waals surface area contributed by atoms with Gasteiger partial charge in [0.15, 0.2) is 11.5 Å². The molecule has 8 heteroatoms. The first-order valence-corrected chi connectivity index (χ1v) is 9.49. The largest absolute Gasteiger partial charge is 0.493 e. The van der Waals surface area contributed by atoms with Crippen molar-refractivity contribution in [3.8, 4) is 11.5 Å². The van der Waals surface area contributed by atoms with Gasteiger partial charge in [0.2, 0.25) is 0 Å². The summed E-state index contributed by atoms with van der Waals surface area (Å²) in [5.74, 6) is 0.544. The molecule has 0 aromatic heterocycles. The third kappa shape index (κ3) is 5.45. The van der Waals surface area contributed by atoms with Gasteiger partial charge in [0, 0.05) is 18.4 Å². The molecule has 0 atom stereocenters. The van der Waals surface area contributed by atoms with E-state index >= 15 is 0 Å². The Labute approximate surface area is 168 Å². The predicted octanol–water partition coefficient (Wildman–Crippen LogP) is 4.18. The molecule has 1 amide bonds. The first-order valence-electron chi connectivity index (χ1n) is 9.49. The van der Waals surface area contributed by atoms with Gasteiger partial charge in [-0.2, -0.15) is 0 Å². The molecule has 1 saturated carbocycles. The van der Waals surface area contributed by atoms with Crippen LogP contribution in [0.2, 0.25) is 0 Å². The fourth-order valence-electron chi connectivity index (χ4n) is 2.88. The highest BCUT2D eigenvalue weighted by Crippen LogP contribution is 2.35. The highest BCUT2D eigenvalue weighted by Gasteiger charge is 2.25. The number of rotatable bonds is 10. The Hall–Kier alpha value is -3.13. The Balaban J connectivity index is 1.78. The molecule has 0 bridgehead atoms. The Morgan fingerprint density at radius 1 is 1.24 bits per heavy atom. The minimum Gasteiger partial charge on any atom is -0.493 e. The van der Waals surface area contributed by atoms with E-state index in [0.717, 1.165) is 12.2 Å². The normalized spacial score (nSPS) is 13.0. The summed E-state index contributed by atoms with van der Waals surface area (Å²) >= 11 is 0. The lowest BCUT2D eigenvalue weighted by atomic mass is 10.1. The monoisotopic (exact) mass is 400 g/mol. The van der Waals surface area contributed by atoms with Crippen molar-refractivity contribution in [3.05, 3.63) is 57.6 Å². The molecule has 1 N–H and O–H groups in total. The van der Waals surface area contributed by atoms with Gasteiger partial charge in [0.05, 0.1) is 31.3 Å². The molecule has 0 aliphatic heterocycles. The van der Waals surface area contributed by atoms with Gasteiger partial charge < -0.3 is 19.5 Å². The number of anilines is 1. The lowest BCUT2D eigenvalue weighted by Gasteiger charge is -2.12. The first kappa shape index (κ1) is 20.6. The Kier molecular flexibility index (Phi) is 6.66. The number of hydrogen-bond donors (Lipinski definition) is 1. The second kappa shape index (κ2) is 9.38. The number of nitro groups is 1. The summed E-state index contributed by atoms with van der Waals surface area (Å²) in [4.78, 5) is 23.6. The van der Waals surface area contributed by atoms with Crippen molar-refractivity contribution >= 4 is 17.3 Å². The third-order valence-corrected chi connectivity index (χ3v) is 4.53. The molecule has 1 aliphatic rings. The first-order chi connectivity index (χ1) is 14.0. The maximum absolute atomic E-state index is 12.8. The van der Waals surface area contributed by atoms with Gasteiger partial charge in [-0.1, -0.05) is 12.1 Å². The van der Waals surface area contributed by atoms with E-state index in [0.29, 0.717) is 24.8 Å². The topological polar surface area (TPSA) is 99.9 Å². The highest BCUT2D eigenvalue weighted by molar-refractivity contribution is 6.07. The number of benzene rings is 2. The van der Waals surface area contributed by atoms with Crippen LogP contribution in [0.5, 0.6) is 11.5 Å². The van der Waals surface area contributed by atoms with E-state index in [1.54, 1.807) is 25.1 Å². The van der Waals surface area contributed by atoms with E-state index in [2.05, 4.69) is 5.32 Å². The summed E-state index contributed by atoms with van der Waals surface area (Å²) in [5, 5.41) is 14.2. The second-order valence-corrected chi connectivity index (χ2v) is 6.82. The van der Waals surface area contributed by atoms with Crippen LogP contribution < -0.4 is 14.8 Å². The number of hydrogen-bond acceptors (Lipinski definition) is 6. The van der Waals surface area contributed by atoms with Crippen molar-refractivity contribution in [2.45, 2.75) is 26.4 Å². The molecule has 0 radical (unpaired) electrons. The fourth-order valence-corrected chi connectivity index (χ4v) is 2.88. The Morgan fingerprint density at radius 2 is 2.03 bits per heavy atom. The van der Waals surface area contributed by atoms with Crippen LogP contribution in [0, 0.1) is 16.0 Å². The van der Waals surface area contributed by atoms with Gasteiger partial charge in [0.1, 0.15) is 5.56 Å². The van der Waals surface area contributed by atoms with Gasteiger partial charge in [-0.3, -0.25) is 14.9 Å². The number of carbonyl (C=O) groups excluding carboxylic acids is 1. The average molecular weight is 400 g/mol. The maximum atomic E-state index is 12.8. The zero-order chi connectivity index (χ0) is 20.8. The lowest BCUT2D eigenvalue weighted by molar-refractivity contribution is -0.385. The molecule has 0 saturated heterocycles. The standard InChI is InChI=1S/C21H24N2O6/c1-3-29-20-10-17(18(23(25)26)11-19(20)27-2)21(24)22-16-6-4-5-15(9-16)13-28-12-14-7-8-14/h4-6,9-11,14H,3,7-8,12-13H2,1-2H3,(H,22,24). The number of carbonyl (C=O) groups is 1. The molecule has 3 rings (SSSR count). The molecule has 1 fully saturated rings. The van der Waals surface area contributed by atoms with Gasteiger partial charge in [-0.05, 0) is 43.4 Å². The molecule has 8 nitrogen and oxygen atoms in total. The minimum absolute atomic E-state index is 0.102. The van der Waals surface area contributed by atoms with Crippen LogP contribution in [0.15, 0.2) is 36.4 Å². The summed E-state index contributed by atoms with van der Waals surface area (Å²) in [5.41, 5.74) is 0.995. The molecular formula is C21H24N2O6. The highest BCUT2D eigenvalue weighted by atomic mass is 16.6. The third-order valence-electron chi connectivity index (χ3n) is 4.53. The van der Waals surface area contributed by atoms with Crippen LogP contribution in [0.4, 0.5) is 11.4 Å². The van der Waals surface area contributed by atoms with E-state index < -0.39 is 10.8 Å². The van der Waals surface area contributed by atoms with Crippen molar-refractivity contribution in [3.63, 3.8) is 0 Å². The zero-order valence-electron chi connectivity index (χ0n) is 16.5. The maximum Gasteiger partial charge on any atom is 0.286 e. The van der Waals surface area contributed by atoms with E-state index in [-0.39, 0.29) is 22.7 Å². The summed E-state index contributed by atoms with van der Waals surface area (Å²) in [6.45, 7) is 3.31. The zero-order valence-corrected chi connectivity index (χ0v) is 16.5. The number of nitrogens with zero attached hydrogens (tertiary/aromatic N) is 1. The summed E-state index contributed by atoms with van der Waals surface area (Å²) in [6, 6.07) is 9.76. The molecule has 154 valence electrons. The molecule has 29 heavy (non-hydrogen) atoms. The van der Waals surface area contributed by atoms with E-state index in [9.17, 15) is 14.9 Å². The van der Waals surface area contributed by atoms with E-state index in [4.69, 9.17) is 14.2 Å². The Morgan fingerprint density at radius 3 is 2.69 bits per heavy atom. The van der Waals surface area contributed by atoms with Gasteiger partial charge in [-0.15, -0.1) is 0 Å². The number of amides is 1. The van der Waals surface area contributed by atoms with Crippen LogP contribution in [0.3, 0.4) is 0 Å². The average Bonchev–Trinajstić information content (AvgIpc) is 3.52. The van der Waals surface area contributed by atoms with Crippen LogP contribution in [-0.2, 0) is 11.3 Å². The van der Waals surface area contributed by atoms with E-state index in [1.807, 2.05) is 6.07 Å².